The fraction of sp³-hybridized carbons (Fsp3) is 0.273. The lowest BCUT2D eigenvalue weighted by Crippen LogP contribution is -2.32. The first-order chi connectivity index (χ1) is 13.1. The van der Waals surface area contributed by atoms with Crippen LogP contribution in [-0.4, -0.2) is 22.0 Å². The van der Waals surface area contributed by atoms with E-state index in [-0.39, 0.29) is 17.8 Å². The van der Waals surface area contributed by atoms with Gasteiger partial charge in [0.2, 0.25) is 0 Å². The molecule has 0 bridgehead atoms. The number of aromatic nitrogens is 2. The maximum Gasteiger partial charge on any atom is 0.253 e. The van der Waals surface area contributed by atoms with Crippen molar-refractivity contribution >= 4 is 5.91 Å². The number of amides is 1. The molecule has 27 heavy (non-hydrogen) atoms. The molecule has 0 saturated heterocycles. The molecule has 4 rings (SSSR count). The Kier molecular flexibility index (Phi) is 4.52. The van der Waals surface area contributed by atoms with Crippen molar-refractivity contribution in [2.45, 2.75) is 32.7 Å². The minimum Gasteiger partial charge on any atom is -0.352 e. The minimum atomic E-state index is -0.288. The summed E-state index contributed by atoms with van der Waals surface area (Å²) < 4.78 is 15.8. The van der Waals surface area contributed by atoms with Crippen LogP contribution in [0, 0.1) is 5.82 Å². The third-order valence-corrected chi connectivity index (χ3v) is 5.30. The predicted molar refractivity (Wildman–Crippen MR) is 104 cm³/mol. The average Bonchev–Trinajstić information content (AvgIpc) is 3.05. The highest BCUT2D eigenvalue weighted by molar-refractivity contribution is 6.07. The Morgan fingerprint density at radius 3 is 2.48 bits per heavy atom. The zero-order chi connectivity index (χ0) is 19.0. The Labute approximate surface area is 158 Å². The summed E-state index contributed by atoms with van der Waals surface area (Å²) in [5.41, 5.74) is 5.48. The molecule has 1 amide bonds. The van der Waals surface area contributed by atoms with E-state index in [0.29, 0.717) is 12.1 Å². The lowest BCUT2D eigenvalue weighted by atomic mass is 9.95. The number of carbonyl (C=O) groups is 1. The van der Waals surface area contributed by atoms with Crippen molar-refractivity contribution in [1.82, 2.24) is 14.9 Å². The van der Waals surface area contributed by atoms with Crippen molar-refractivity contribution < 1.29 is 9.18 Å². The first kappa shape index (κ1) is 17.5. The molecule has 0 aliphatic carbocycles. The number of fused-ring (bicyclic) bond motifs is 1. The van der Waals surface area contributed by atoms with Crippen LogP contribution in [0.4, 0.5) is 4.39 Å². The number of pyridine rings is 1. The van der Waals surface area contributed by atoms with E-state index in [0.717, 1.165) is 40.9 Å². The van der Waals surface area contributed by atoms with Gasteiger partial charge < -0.3 is 9.88 Å². The van der Waals surface area contributed by atoms with Gasteiger partial charge in [0.25, 0.3) is 5.91 Å². The van der Waals surface area contributed by atoms with Crippen LogP contribution in [0.2, 0.25) is 0 Å². The van der Waals surface area contributed by atoms with Crippen molar-refractivity contribution in [1.29, 1.82) is 0 Å². The summed E-state index contributed by atoms with van der Waals surface area (Å²) in [4.78, 5) is 17.0. The largest absolute Gasteiger partial charge is 0.352 e. The Hall–Kier alpha value is -2.95. The van der Waals surface area contributed by atoms with Gasteiger partial charge >= 0.3 is 0 Å². The van der Waals surface area contributed by atoms with Crippen LogP contribution in [0.15, 0.2) is 48.8 Å². The molecule has 0 radical (unpaired) electrons. The average molecular weight is 363 g/mol. The second-order valence-corrected chi connectivity index (χ2v) is 6.92. The summed E-state index contributed by atoms with van der Waals surface area (Å²) in [6, 6.07) is 10.5. The monoisotopic (exact) mass is 363 g/mol. The van der Waals surface area contributed by atoms with Crippen molar-refractivity contribution in [2.24, 2.45) is 0 Å². The Bertz CT molecular complexity index is 977. The van der Waals surface area contributed by atoms with Crippen LogP contribution in [0.1, 0.15) is 42.4 Å². The maximum absolute atomic E-state index is 13.5. The highest BCUT2D eigenvalue weighted by Gasteiger charge is 2.32. The third-order valence-electron chi connectivity index (χ3n) is 5.30. The Balaban J connectivity index is 2.10. The van der Waals surface area contributed by atoms with E-state index >= 15 is 0 Å². The molecule has 1 aliphatic heterocycles. The van der Waals surface area contributed by atoms with Crippen LogP contribution in [-0.2, 0) is 6.42 Å². The van der Waals surface area contributed by atoms with Crippen molar-refractivity contribution in [3.05, 3.63) is 65.9 Å². The van der Waals surface area contributed by atoms with Crippen LogP contribution < -0.4 is 5.32 Å². The van der Waals surface area contributed by atoms with E-state index in [1.165, 1.54) is 12.1 Å². The first-order valence-electron chi connectivity index (χ1n) is 9.33. The molecular weight excluding hydrogens is 341 g/mol. The topological polar surface area (TPSA) is 46.9 Å². The quantitative estimate of drug-likeness (QED) is 0.736. The first-order valence-corrected chi connectivity index (χ1v) is 9.33. The number of hydrogen-bond acceptors (Lipinski definition) is 2. The van der Waals surface area contributed by atoms with Gasteiger partial charge in [-0.2, -0.15) is 0 Å². The lowest BCUT2D eigenvalue weighted by molar-refractivity contribution is 0.0945. The molecule has 0 saturated carbocycles. The summed E-state index contributed by atoms with van der Waals surface area (Å²) in [5, 5.41) is 2.97. The summed E-state index contributed by atoms with van der Waals surface area (Å²) >= 11 is 0. The molecule has 1 unspecified atom stereocenters. The third kappa shape index (κ3) is 2.93. The predicted octanol–water partition coefficient (Wildman–Crippen LogP) is 4.61. The van der Waals surface area contributed by atoms with E-state index in [2.05, 4.69) is 28.7 Å². The maximum atomic E-state index is 13.5. The van der Waals surface area contributed by atoms with Gasteiger partial charge in [-0.1, -0.05) is 19.1 Å². The number of benzene rings is 1. The summed E-state index contributed by atoms with van der Waals surface area (Å²) in [6.07, 6.45) is 5.25. The van der Waals surface area contributed by atoms with Gasteiger partial charge in [0.05, 0.1) is 11.3 Å². The van der Waals surface area contributed by atoms with Gasteiger partial charge in [0.15, 0.2) is 0 Å². The fourth-order valence-corrected chi connectivity index (χ4v) is 3.87. The number of halogens is 1. The number of rotatable bonds is 4. The van der Waals surface area contributed by atoms with E-state index in [1.54, 1.807) is 24.5 Å². The highest BCUT2D eigenvalue weighted by Crippen LogP contribution is 2.42. The van der Waals surface area contributed by atoms with Crippen LogP contribution in [0.3, 0.4) is 0 Å². The van der Waals surface area contributed by atoms with Gasteiger partial charge in [0, 0.05) is 48.2 Å². The molecule has 0 spiro atoms. The SMILES string of the molecule is CCC(C)n1c2c(c(-c3ccc(F)cc3)c1-c1ccncc1)C(=O)NCC2. The van der Waals surface area contributed by atoms with Gasteiger partial charge in [0.1, 0.15) is 5.82 Å². The lowest BCUT2D eigenvalue weighted by Gasteiger charge is -2.22. The van der Waals surface area contributed by atoms with E-state index in [4.69, 9.17) is 0 Å². The van der Waals surface area contributed by atoms with E-state index in [1.807, 2.05) is 12.1 Å². The van der Waals surface area contributed by atoms with Crippen molar-refractivity contribution in [3.8, 4) is 22.4 Å². The number of nitrogens with zero attached hydrogens (tertiary/aromatic N) is 2. The smallest absolute Gasteiger partial charge is 0.253 e. The summed E-state index contributed by atoms with van der Waals surface area (Å²) in [5.74, 6) is -0.350. The zero-order valence-corrected chi connectivity index (χ0v) is 15.5. The molecule has 1 N–H and O–H groups in total. The number of nitrogens with one attached hydrogen (secondary N) is 1. The molecule has 2 aromatic heterocycles. The second kappa shape index (κ2) is 6.99. The molecule has 3 heterocycles. The van der Waals surface area contributed by atoms with Gasteiger partial charge in [-0.05, 0) is 43.2 Å². The summed E-state index contributed by atoms with van der Waals surface area (Å²) in [6.45, 7) is 4.95. The molecule has 1 aromatic carbocycles. The minimum absolute atomic E-state index is 0.0621. The Morgan fingerprint density at radius 1 is 1.11 bits per heavy atom. The standard InChI is InChI=1S/C22H22FN3O/c1-3-14(2)26-18-10-13-25-22(27)20(18)19(15-4-6-17(23)7-5-15)21(26)16-8-11-24-12-9-16/h4-9,11-12,14H,3,10,13H2,1-2H3,(H,25,27). The van der Waals surface area contributed by atoms with Crippen LogP contribution in [0.5, 0.6) is 0 Å². The van der Waals surface area contributed by atoms with Crippen LogP contribution >= 0.6 is 0 Å². The summed E-state index contributed by atoms with van der Waals surface area (Å²) in [7, 11) is 0. The molecule has 5 heteroatoms. The molecule has 1 aliphatic rings. The molecule has 4 nitrogen and oxygen atoms in total. The zero-order valence-electron chi connectivity index (χ0n) is 15.5. The fourth-order valence-electron chi connectivity index (χ4n) is 3.87. The normalized spacial score (nSPS) is 14.6. The van der Waals surface area contributed by atoms with E-state index < -0.39 is 0 Å². The molecule has 1 atom stereocenters. The van der Waals surface area contributed by atoms with Crippen molar-refractivity contribution in [3.63, 3.8) is 0 Å². The molecular formula is C22H22FN3O. The van der Waals surface area contributed by atoms with Gasteiger partial charge in [-0.25, -0.2) is 4.39 Å². The molecule has 3 aromatic rings. The number of hydrogen-bond donors (Lipinski definition) is 1. The molecule has 0 fully saturated rings. The van der Waals surface area contributed by atoms with E-state index in [9.17, 15) is 9.18 Å². The molecule has 138 valence electrons. The van der Waals surface area contributed by atoms with Gasteiger partial charge in [-0.3, -0.25) is 9.78 Å². The Morgan fingerprint density at radius 2 is 1.81 bits per heavy atom. The number of carbonyl (C=O) groups excluding carboxylic acids is 1. The highest BCUT2D eigenvalue weighted by atomic mass is 19.1. The second-order valence-electron chi connectivity index (χ2n) is 6.92. The van der Waals surface area contributed by atoms with Crippen molar-refractivity contribution in [2.75, 3.05) is 6.54 Å². The van der Waals surface area contributed by atoms with Gasteiger partial charge in [-0.15, -0.1) is 0 Å². The van der Waals surface area contributed by atoms with Crippen LogP contribution in [0.25, 0.3) is 22.4 Å².